The van der Waals surface area contributed by atoms with Crippen molar-refractivity contribution in [2.75, 3.05) is 16.4 Å². The number of nitrogens with zero attached hydrogens (tertiary/aromatic N) is 2. The van der Waals surface area contributed by atoms with E-state index in [4.69, 9.17) is 11.6 Å². The highest BCUT2D eigenvalue weighted by Gasteiger charge is 2.47. The Bertz CT molecular complexity index is 966. The van der Waals surface area contributed by atoms with E-state index in [2.05, 4.69) is 4.99 Å². The van der Waals surface area contributed by atoms with E-state index < -0.39 is 9.84 Å². The van der Waals surface area contributed by atoms with Crippen molar-refractivity contribution in [2.45, 2.75) is 17.8 Å². The average Bonchev–Trinajstić information content (AvgIpc) is 3.06. The molecule has 2 aromatic rings. The Hall–Kier alpha value is -1.57. The van der Waals surface area contributed by atoms with E-state index in [1.165, 1.54) is 23.9 Å². The van der Waals surface area contributed by atoms with E-state index >= 15 is 0 Å². The minimum atomic E-state index is -3.07. The second-order valence-electron chi connectivity index (χ2n) is 6.35. The number of fused-ring (bicyclic) bond motifs is 1. The lowest BCUT2D eigenvalue weighted by atomic mass is 10.1. The summed E-state index contributed by atoms with van der Waals surface area (Å²) in [6.07, 6.45) is 0. The van der Waals surface area contributed by atoms with Crippen molar-refractivity contribution in [3.63, 3.8) is 0 Å². The lowest BCUT2D eigenvalue weighted by Crippen LogP contribution is -2.39. The molecule has 2 aliphatic rings. The molecule has 0 radical (unpaired) electrons. The van der Waals surface area contributed by atoms with Crippen LogP contribution in [-0.2, 0) is 15.6 Å². The third-order valence-electron chi connectivity index (χ3n) is 4.51. The maximum Gasteiger partial charge on any atom is 0.164 e. The molecule has 0 aromatic heterocycles. The number of para-hydroxylation sites is 1. The van der Waals surface area contributed by atoms with Crippen LogP contribution in [0, 0.1) is 5.82 Å². The molecule has 2 heterocycles. The second kappa shape index (κ2) is 6.87. The van der Waals surface area contributed by atoms with Crippen molar-refractivity contribution in [3.05, 3.63) is 64.9 Å². The number of amidine groups is 1. The van der Waals surface area contributed by atoms with Gasteiger partial charge in [0.25, 0.3) is 0 Å². The number of hydrogen-bond acceptors (Lipinski definition) is 5. The van der Waals surface area contributed by atoms with Crippen LogP contribution in [0.3, 0.4) is 0 Å². The lowest BCUT2D eigenvalue weighted by molar-refractivity contribution is 0.601. The van der Waals surface area contributed by atoms with Gasteiger partial charge in [-0.2, -0.15) is 0 Å². The standard InChI is InChI=1S/C18H16ClFN2O2S2/c19-15-8-13(20)7-6-12(15)9-25-18-21-16-10-26(23,24)11-17(16)22(18)14-4-2-1-3-5-14/h1-8,16-17H,9-11H2. The fourth-order valence-electron chi connectivity index (χ4n) is 3.30. The molecule has 2 aromatic carbocycles. The predicted octanol–water partition coefficient (Wildman–Crippen LogP) is 3.75. The van der Waals surface area contributed by atoms with Crippen LogP contribution in [0.25, 0.3) is 0 Å². The molecule has 0 amide bonds. The van der Waals surface area contributed by atoms with Crippen LogP contribution in [0.15, 0.2) is 53.5 Å². The number of benzene rings is 2. The quantitative estimate of drug-likeness (QED) is 0.773. The molecule has 0 N–H and O–H groups in total. The van der Waals surface area contributed by atoms with E-state index in [9.17, 15) is 12.8 Å². The number of halogens is 2. The fourth-order valence-corrected chi connectivity index (χ4v) is 6.59. The minimum absolute atomic E-state index is 0.0857. The molecule has 0 spiro atoms. The van der Waals surface area contributed by atoms with Gasteiger partial charge in [-0.1, -0.05) is 47.6 Å². The summed E-state index contributed by atoms with van der Waals surface area (Å²) in [6, 6.07) is 13.6. The van der Waals surface area contributed by atoms with E-state index in [1.807, 2.05) is 35.2 Å². The SMILES string of the molecule is O=S1(=O)CC2N=C(SCc3ccc(F)cc3Cl)N(c3ccccc3)C2C1. The number of hydrogen-bond donors (Lipinski definition) is 0. The first-order valence-electron chi connectivity index (χ1n) is 8.12. The van der Waals surface area contributed by atoms with Crippen LogP contribution >= 0.6 is 23.4 Å². The highest BCUT2D eigenvalue weighted by atomic mass is 35.5. The maximum atomic E-state index is 13.2. The van der Waals surface area contributed by atoms with Gasteiger partial charge in [-0.15, -0.1) is 0 Å². The van der Waals surface area contributed by atoms with Crippen molar-refractivity contribution in [1.82, 2.24) is 0 Å². The molecule has 8 heteroatoms. The smallest absolute Gasteiger partial charge is 0.164 e. The fraction of sp³-hybridized carbons (Fsp3) is 0.278. The van der Waals surface area contributed by atoms with Crippen LogP contribution < -0.4 is 4.90 Å². The lowest BCUT2D eigenvalue weighted by Gasteiger charge is -2.26. The Morgan fingerprint density at radius 1 is 1.19 bits per heavy atom. The van der Waals surface area contributed by atoms with Gasteiger partial charge in [-0.05, 0) is 29.8 Å². The molecule has 136 valence electrons. The van der Waals surface area contributed by atoms with Crippen molar-refractivity contribution < 1.29 is 12.8 Å². The van der Waals surface area contributed by atoms with Gasteiger partial charge in [-0.25, -0.2) is 12.8 Å². The summed E-state index contributed by atoms with van der Waals surface area (Å²) in [5.74, 6) is 0.361. The van der Waals surface area contributed by atoms with Crippen LogP contribution in [-0.4, -0.2) is 37.2 Å². The van der Waals surface area contributed by atoms with Crippen LogP contribution in [0.1, 0.15) is 5.56 Å². The van der Waals surface area contributed by atoms with E-state index in [-0.39, 0.29) is 29.4 Å². The zero-order valence-electron chi connectivity index (χ0n) is 13.7. The summed E-state index contributed by atoms with van der Waals surface area (Å²) in [6.45, 7) is 0. The Morgan fingerprint density at radius 3 is 2.69 bits per heavy atom. The number of thioether (sulfide) groups is 1. The van der Waals surface area contributed by atoms with Crippen molar-refractivity contribution in [3.8, 4) is 0 Å². The first kappa shape index (κ1) is 17.8. The highest BCUT2D eigenvalue weighted by molar-refractivity contribution is 8.13. The maximum absolute atomic E-state index is 13.2. The molecular weight excluding hydrogens is 395 g/mol. The molecule has 0 saturated carbocycles. The zero-order chi connectivity index (χ0) is 18.3. The molecule has 2 aliphatic heterocycles. The molecule has 0 bridgehead atoms. The molecule has 2 unspecified atom stereocenters. The zero-order valence-corrected chi connectivity index (χ0v) is 16.1. The number of anilines is 1. The predicted molar refractivity (Wildman–Crippen MR) is 105 cm³/mol. The molecule has 0 aliphatic carbocycles. The van der Waals surface area contributed by atoms with Gasteiger partial charge < -0.3 is 4.90 Å². The summed E-state index contributed by atoms with van der Waals surface area (Å²) in [4.78, 5) is 6.69. The van der Waals surface area contributed by atoms with Gasteiger partial charge in [0.1, 0.15) is 5.82 Å². The van der Waals surface area contributed by atoms with Gasteiger partial charge in [0.2, 0.25) is 0 Å². The third kappa shape index (κ3) is 3.48. The van der Waals surface area contributed by atoms with Crippen molar-refractivity contribution in [2.24, 2.45) is 4.99 Å². The summed E-state index contributed by atoms with van der Waals surface area (Å²) >= 11 is 7.61. The van der Waals surface area contributed by atoms with Crippen LogP contribution in [0.4, 0.5) is 10.1 Å². The van der Waals surface area contributed by atoms with E-state index in [0.717, 1.165) is 16.4 Å². The van der Waals surface area contributed by atoms with Gasteiger partial charge in [-0.3, -0.25) is 4.99 Å². The first-order chi connectivity index (χ1) is 12.4. The summed E-state index contributed by atoms with van der Waals surface area (Å²) < 4.78 is 37.3. The Balaban J connectivity index is 1.61. The van der Waals surface area contributed by atoms with Crippen LogP contribution in [0.5, 0.6) is 0 Å². The van der Waals surface area contributed by atoms with Crippen LogP contribution in [0.2, 0.25) is 5.02 Å². The number of aliphatic imine (C=N–C) groups is 1. The van der Waals surface area contributed by atoms with Gasteiger partial charge in [0, 0.05) is 16.5 Å². The molecule has 4 nitrogen and oxygen atoms in total. The minimum Gasteiger partial charge on any atom is -0.315 e. The van der Waals surface area contributed by atoms with Gasteiger partial charge in [0.15, 0.2) is 15.0 Å². The highest BCUT2D eigenvalue weighted by Crippen LogP contribution is 2.36. The summed E-state index contributed by atoms with van der Waals surface area (Å²) in [5, 5.41) is 1.16. The van der Waals surface area contributed by atoms with E-state index in [1.54, 1.807) is 6.07 Å². The Morgan fingerprint density at radius 2 is 1.96 bits per heavy atom. The number of rotatable bonds is 3. The third-order valence-corrected chi connectivity index (χ3v) is 7.58. The van der Waals surface area contributed by atoms with Gasteiger partial charge in [0.05, 0.1) is 23.6 Å². The molecule has 1 fully saturated rings. The Kier molecular flexibility index (Phi) is 4.71. The van der Waals surface area contributed by atoms with Crippen molar-refractivity contribution >= 4 is 44.1 Å². The second-order valence-corrected chi connectivity index (χ2v) is 9.86. The van der Waals surface area contributed by atoms with Crippen molar-refractivity contribution in [1.29, 1.82) is 0 Å². The molecule has 1 saturated heterocycles. The summed E-state index contributed by atoms with van der Waals surface area (Å²) in [5.41, 5.74) is 1.74. The monoisotopic (exact) mass is 410 g/mol. The average molecular weight is 411 g/mol. The van der Waals surface area contributed by atoms with Gasteiger partial charge >= 0.3 is 0 Å². The molecule has 4 rings (SSSR count). The topological polar surface area (TPSA) is 49.7 Å². The van der Waals surface area contributed by atoms with E-state index in [0.29, 0.717) is 10.8 Å². The molecular formula is C18H16ClFN2O2S2. The largest absolute Gasteiger partial charge is 0.315 e. The number of sulfone groups is 1. The molecule has 26 heavy (non-hydrogen) atoms. The Labute approximate surface area is 161 Å². The summed E-state index contributed by atoms with van der Waals surface area (Å²) in [7, 11) is -3.07. The first-order valence-corrected chi connectivity index (χ1v) is 11.3. The molecule has 2 atom stereocenters. The normalized spacial score (nSPS) is 23.8.